The van der Waals surface area contributed by atoms with Crippen LogP contribution in [0.15, 0.2) is 29.4 Å². The van der Waals surface area contributed by atoms with Crippen LogP contribution in [0.4, 0.5) is 0 Å². The zero-order valence-corrected chi connectivity index (χ0v) is 12.2. The monoisotopic (exact) mass is 288 g/mol. The minimum atomic E-state index is -0.497. The minimum absolute atomic E-state index is 0.0471. The maximum Gasteiger partial charge on any atom is 0.264 e. The normalized spacial score (nSPS) is 21.8. The number of rotatable bonds is 4. The highest BCUT2D eigenvalue weighted by molar-refractivity contribution is 6.04. The molecule has 0 unspecified atom stereocenters. The van der Waals surface area contributed by atoms with E-state index < -0.39 is 6.10 Å². The lowest BCUT2D eigenvalue weighted by atomic mass is 10.0. The van der Waals surface area contributed by atoms with Gasteiger partial charge in [0.25, 0.3) is 5.91 Å². The Morgan fingerprint density at radius 1 is 1.29 bits per heavy atom. The third-order valence-electron chi connectivity index (χ3n) is 4.09. The maximum atomic E-state index is 12.1. The summed E-state index contributed by atoms with van der Waals surface area (Å²) < 4.78 is 5.13. The van der Waals surface area contributed by atoms with Crippen LogP contribution in [0.5, 0.6) is 5.75 Å². The minimum Gasteiger partial charge on any atom is -0.497 e. The summed E-state index contributed by atoms with van der Waals surface area (Å²) in [6.07, 6.45) is 4.57. The summed E-state index contributed by atoms with van der Waals surface area (Å²) in [4.78, 5) is 17.4. The van der Waals surface area contributed by atoms with Gasteiger partial charge < -0.3 is 14.9 Å². The molecule has 0 aromatic heterocycles. The van der Waals surface area contributed by atoms with Gasteiger partial charge >= 0.3 is 0 Å². The van der Waals surface area contributed by atoms with Gasteiger partial charge in [-0.15, -0.1) is 0 Å². The Kier molecular flexibility index (Phi) is 4.08. The Bertz CT molecular complexity index is 533. The lowest BCUT2D eigenvalue weighted by Crippen LogP contribution is -2.40. The van der Waals surface area contributed by atoms with Crippen LogP contribution in [0.1, 0.15) is 37.7 Å². The second-order valence-electron chi connectivity index (χ2n) is 5.55. The van der Waals surface area contributed by atoms with Crippen LogP contribution in [-0.2, 0) is 9.63 Å². The van der Waals surface area contributed by atoms with E-state index in [0.717, 1.165) is 29.9 Å². The van der Waals surface area contributed by atoms with Gasteiger partial charge in [0.2, 0.25) is 6.10 Å². The summed E-state index contributed by atoms with van der Waals surface area (Å²) >= 11 is 0. The zero-order chi connectivity index (χ0) is 14.7. The molecule has 1 aliphatic carbocycles. The predicted octanol–water partition coefficient (Wildman–Crippen LogP) is 2.25. The number of hydrogen-bond acceptors (Lipinski definition) is 4. The second-order valence-corrected chi connectivity index (χ2v) is 5.55. The van der Waals surface area contributed by atoms with Gasteiger partial charge in [-0.1, -0.05) is 18.0 Å². The van der Waals surface area contributed by atoms with Crippen molar-refractivity contribution < 1.29 is 14.4 Å². The molecule has 2 aliphatic rings. The van der Waals surface area contributed by atoms with Crippen LogP contribution in [0, 0.1) is 0 Å². The number of ether oxygens (including phenoxy) is 1. The van der Waals surface area contributed by atoms with Crippen LogP contribution in [0.25, 0.3) is 0 Å². The van der Waals surface area contributed by atoms with Crippen molar-refractivity contribution in [3.05, 3.63) is 29.8 Å². The van der Waals surface area contributed by atoms with Crippen molar-refractivity contribution in [2.75, 3.05) is 7.11 Å². The first kappa shape index (κ1) is 13.9. The first-order valence-electron chi connectivity index (χ1n) is 7.44. The van der Waals surface area contributed by atoms with Gasteiger partial charge in [0.1, 0.15) is 5.75 Å². The van der Waals surface area contributed by atoms with E-state index in [4.69, 9.17) is 9.57 Å². The van der Waals surface area contributed by atoms with Gasteiger partial charge in [-0.05, 0) is 42.7 Å². The number of carbonyl (C=O) groups is 1. The van der Waals surface area contributed by atoms with Crippen LogP contribution in [0.3, 0.4) is 0 Å². The van der Waals surface area contributed by atoms with Crippen molar-refractivity contribution in [2.24, 2.45) is 5.16 Å². The van der Waals surface area contributed by atoms with E-state index in [2.05, 4.69) is 10.5 Å². The quantitative estimate of drug-likeness (QED) is 0.924. The summed E-state index contributed by atoms with van der Waals surface area (Å²) in [6.45, 7) is 0. The third-order valence-corrected chi connectivity index (χ3v) is 4.09. The summed E-state index contributed by atoms with van der Waals surface area (Å²) in [6, 6.07) is 7.93. The van der Waals surface area contributed by atoms with Gasteiger partial charge in [-0.25, -0.2) is 0 Å². The Morgan fingerprint density at radius 2 is 2.00 bits per heavy atom. The third kappa shape index (κ3) is 3.17. The zero-order valence-electron chi connectivity index (χ0n) is 12.2. The lowest BCUT2D eigenvalue weighted by Gasteiger charge is -2.14. The highest BCUT2D eigenvalue weighted by Crippen LogP contribution is 2.21. The molecule has 5 nitrogen and oxygen atoms in total. The standard InChI is InChI=1S/C16H20N2O3/c1-20-13-8-6-11(7-9-13)14-10-15(21-18-14)16(19)17-12-4-2-3-5-12/h6-9,12,15H,2-5,10H2,1H3,(H,17,19)/t15-/m0/s1. The van der Waals surface area contributed by atoms with Crippen molar-refractivity contribution in [2.45, 2.75) is 44.2 Å². The number of oxime groups is 1. The van der Waals surface area contributed by atoms with Gasteiger partial charge in [-0.2, -0.15) is 0 Å². The number of amides is 1. The van der Waals surface area contributed by atoms with E-state index in [0.29, 0.717) is 12.5 Å². The molecule has 0 bridgehead atoms. The van der Waals surface area contributed by atoms with E-state index in [-0.39, 0.29) is 5.91 Å². The number of nitrogens with zero attached hydrogens (tertiary/aromatic N) is 1. The molecule has 0 spiro atoms. The van der Waals surface area contributed by atoms with Crippen molar-refractivity contribution in [1.29, 1.82) is 0 Å². The molecule has 1 fully saturated rings. The van der Waals surface area contributed by atoms with Crippen molar-refractivity contribution in [3.8, 4) is 5.75 Å². The first-order valence-corrected chi connectivity index (χ1v) is 7.44. The number of hydrogen-bond donors (Lipinski definition) is 1. The molecule has 5 heteroatoms. The van der Waals surface area contributed by atoms with Gasteiger partial charge in [-0.3, -0.25) is 4.79 Å². The smallest absolute Gasteiger partial charge is 0.264 e. The molecule has 1 amide bonds. The van der Waals surface area contributed by atoms with Crippen molar-refractivity contribution >= 4 is 11.6 Å². The fourth-order valence-corrected chi connectivity index (χ4v) is 2.84. The van der Waals surface area contributed by atoms with Crippen LogP contribution < -0.4 is 10.1 Å². The molecule has 21 heavy (non-hydrogen) atoms. The Morgan fingerprint density at radius 3 is 2.67 bits per heavy atom. The van der Waals surface area contributed by atoms with E-state index in [1.807, 2.05) is 24.3 Å². The molecule has 1 aliphatic heterocycles. The molecule has 0 radical (unpaired) electrons. The van der Waals surface area contributed by atoms with E-state index >= 15 is 0 Å². The summed E-state index contributed by atoms with van der Waals surface area (Å²) in [7, 11) is 1.63. The number of carbonyl (C=O) groups excluding carboxylic acids is 1. The molecule has 3 rings (SSSR count). The van der Waals surface area contributed by atoms with Crippen molar-refractivity contribution in [1.82, 2.24) is 5.32 Å². The molecule has 112 valence electrons. The Hall–Kier alpha value is -2.04. The van der Waals surface area contributed by atoms with Gasteiger partial charge in [0, 0.05) is 12.5 Å². The van der Waals surface area contributed by atoms with E-state index in [1.165, 1.54) is 12.8 Å². The molecule has 1 aromatic rings. The highest BCUT2D eigenvalue weighted by Gasteiger charge is 2.30. The Labute approximate surface area is 124 Å². The molecule has 1 aromatic carbocycles. The lowest BCUT2D eigenvalue weighted by molar-refractivity contribution is -0.131. The Balaban J connectivity index is 1.57. The average Bonchev–Trinajstić information content (AvgIpc) is 3.18. The summed E-state index contributed by atoms with van der Waals surface area (Å²) in [5.41, 5.74) is 1.77. The van der Waals surface area contributed by atoms with Gasteiger partial charge in [0.05, 0.1) is 12.8 Å². The maximum absolute atomic E-state index is 12.1. The van der Waals surface area contributed by atoms with Gasteiger partial charge in [0.15, 0.2) is 0 Å². The second kappa shape index (κ2) is 6.16. The molecule has 0 saturated heterocycles. The number of methoxy groups -OCH3 is 1. The van der Waals surface area contributed by atoms with Crippen LogP contribution >= 0.6 is 0 Å². The van der Waals surface area contributed by atoms with E-state index in [9.17, 15) is 4.79 Å². The summed E-state index contributed by atoms with van der Waals surface area (Å²) in [5, 5.41) is 7.11. The predicted molar refractivity (Wildman–Crippen MR) is 79.4 cm³/mol. The SMILES string of the molecule is COc1ccc(C2=NO[C@H](C(=O)NC3CCCC3)C2)cc1. The molecule has 1 atom stereocenters. The molecule has 1 saturated carbocycles. The van der Waals surface area contributed by atoms with Crippen LogP contribution in [0.2, 0.25) is 0 Å². The topological polar surface area (TPSA) is 59.9 Å². The first-order chi connectivity index (χ1) is 10.3. The highest BCUT2D eigenvalue weighted by atomic mass is 16.6. The fraction of sp³-hybridized carbons (Fsp3) is 0.500. The fourth-order valence-electron chi connectivity index (χ4n) is 2.84. The van der Waals surface area contributed by atoms with E-state index in [1.54, 1.807) is 7.11 Å². The number of benzene rings is 1. The molecular weight excluding hydrogens is 268 g/mol. The number of nitrogens with one attached hydrogen (secondary N) is 1. The average molecular weight is 288 g/mol. The molecule has 1 heterocycles. The molecule has 1 N–H and O–H groups in total. The van der Waals surface area contributed by atoms with Crippen molar-refractivity contribution in [3.63, 3.8) is 0 Å². The largest absolute Gasteiger partial charge is 0.497 e. The molecular formula is C16H20N2O3. The summed E-state index contributed by atoms with van der Waals surface area (Å²) in [5.74, 6) is 0.753. The van der Waals surface area contributed by atoms with Crippen LogP contribution in [-0.4, -0.2) is 30.9 Å².